The Labute approximate surface area is 170 Å². The molecule has 0 radical (unpaired) electrons. The molecule has 0 saturated carbocycles. The lowest BCUT2D eigenvalue weighted by molar-refractivity contribution is -0.281. The number of nitrogens with one attached hydrogen (secondary N) is 2. The van der Waals surface area contributed by atoms with Gasteiger partial charge < -0.3 is 46.6 Å². The molecule has 0 unspecified atom stereocenters. The highest BCUT2D eigenvalue weighted by Gasteiger charge is 2.55. The van der Waals surface area contributed by atoms with Crippen molar-refractivity contribution in [3.05, 3.63) is 0 Å². The van der Waals surface area contributed by atoms with Gasteiger partial charge in [0.05, 0.1) is 12.6 Å². The van der Waals surface area contributed by atoms with Gasteiger partial charge >= 0.3 is 5.97 Å². The van der Waals surface area contributed by atoms with Gasteiger partial charge in [-0.2, -0.15) is 0 Å². The van der Waals surface area contributed by atoms with Crippen molar-refractivity contribution in [3.63, 3.8) is 0 Å². The molecular weight excluding hydrogens is 416 g/mol. The number of carboxylic acids is 1. The van der Waals surface area contributed by atoms with Crippen molar-refractivity contribution in [2.24, 2.45) is 5.73 Å². The molecule has 1 heterocycles. The van der Waals surface area contributed by atoms with Crippen molar-refractivity contribution in [3.8, 4) is 0 Å². The number of carboxylic acid groups (broad SMARTS) is 1. The number of ether oxygens (including phenoxy) is 1. The minimum absolute atomic E-state index is 0.883. The number of hydrogen-bond acceptors (Lipinski definition) is 9. The number of alkyl halides is 2. The molecule has 8 atom stereocenters. The monoisotopic (exact) mass is 443 g/mol. The third-order valence-corrected chi connectivity index (χ3v) is 4.62. The van der Waals surface area contributed by atoms with Crippen LogP contribution in [-0.2, 0) is 19.1 Å². The minimum Gasteiger partial charge on any atom is -0.480 e. The molecule has 1 rings (SSSR count). The highest BCUT2D eigenvalue weighted by Crippen LogP contribution is 2.35. The van der Waals surface area contributed by atoms with E-state index in [2.05, 4.69) is 10.6 Å². The Morgan fingerprint density at radius 3 is 2.07 bits per heavy atom. The highest BCUT2D eigenvalue weighted by molar-refractivity contribution is 5.91. The van der Waals surface area contributed by atoms with Crippen LogP contribution in [0.15, 0.2) is 0 Å². The highest BCUT2D eigenvalue weighted by atomic mass is 19.3. The number of halogens is 2. The van der Waals surface area contributed by atoms with E-state index in [1.54, 1.807) is 0 Å². The molecule has 0 aromatic carbocycles. The van der Waals surface area contributed by atoms with Crippen molar-refractivity contribution in [1.29, 1.82) is 0 Å². The minimum atomic E-state index is -3.96. The van der Waals surface area contributed by atoms with Crippen molar-refractivity contribution in [2.75, 3.05) is 6.61 Å². The predicted molar refractivity (Wildman–Crippen MR) is 94.2 cm³/mol. The first-order valence-corrected chi connectivity index (χ1v) is 9.00. The van der Waals surface area contributed by atoms with E-state index in [1.807, 2.05) is 0 Å². The number of carbonyl (C=O) groups excluding carboxylic acids is 2. The summed E-state index contributed by atoms with van der Waals surface area (Å²) in [5.41, 5.74) is 5.47. The summed E-state index contributed by atoms with van der Waals surface area (Å²) in [6.45, 7) is 1.46. The fraction of sp³-hybridized carbons (Fsp3) is 0.812. The lowest BCUT2D eigenvalue weighted by Gasteiger charge is -2.43. The van der Waals surface area contributed by atoms with Crippen LogP contribution in [0, 0.1) is 0 Å². The molecule has 2 amide bonds. The molecule has 0 bridgehead atoms. The maximum absolute atomic E-state index is 14.6. The van der Waals surface area contributed by atoms with Crippen LogP contribution in [0.25, 0.3) is 0 Å². The van der Waals surface area contributed by atoms with E-state index in [9.17, 15) is 38.5 Å². The van der Waals surface area contributed by atoms with Crippen LogP contribution in [0.2, 0.25) is 0 Å². The smallest absolute Gasteiger partial charge is 0.325 e. The Morgan fingerprint density at radius 2 is 1.57 bits per heavy atom. The van der Waals surface area contributed by atoms with Crippen LogP contribution in [0.4, 0.5) is 8.78 Å². The van der Waals surface area contributed by atoms with Crippen LogP contribution in [0.1, 0.15) is 20.3 Å². The van der Waals surface area contributed by atoms with E-state index in [4.69, 9.17) is 20.7 Å². The summed E-state index contributed by atoms with van der Waals surface area (Å²) in [6.07, 6.45) is -11.4. The zero-order valence-corrected chi connectivity index (χ0v) is 16.2. The first-order valence-electron chi connectivity index (χ1n) is 9.00. The largest absolute Gasteiger partial charge is 0.480 e. The van der Waals surface area contributed by atoms with Gasteiger partial charge in [0.1, 0.15) is 42.6 Å². The van der Waals surface area contributed by atoms with E-state index >= 15 is 0 Å². The Bertz CT molecular complexity index is 637. The molecule has 14 heteroatoms. The van der Waals surface area contributed by atoms with Gasteiger partial charge in [-0.3, -0.25) is 14.4 Å². The van der Waals surface area contributed by atoms with Gasteiger partial charge in [0, 0.05) is 6.42 Å². The van der Waals surface area contributed by atoms with Crippen molar-refractivity contribution in [2.45, 2.75) is 74.8 Å². The number of nitrogens with two attached hydrogens (primary N) is 1. The molecule has 9 N–H and O–H groups in total. The fourth-order valence-electron chi connectivity index (χ4n) is 2.74. The molecule has 1 aliphatic rings. The maximum Gasteiger partial charge on any atom is 0.325 e. The summed E-state index contributed by atoms with van der Waals surface area (Å²) >= 11 is 0. The molecule has 1 aliphatic heterocycles. The fourth-order valence-corrected chi connectivity index (χ4v) is 2.74. The first-order chi connectivity index (χ1) is 13.7. The van der Waals surface area contributed by atoms with Crippen molar-refractivity contribution in [1.82, 2.24) is 10.6 Å². The normalized spacial score (nSPS) is 30.1. The van der Waals surface area contributed by atoms with Gasteiger partial charge in [0.2, 0.25) is 11.8 Å². The summed E-state index contributed by atoms with van der Waals surface area (Å²) in [6, 6.07) is -4.41. The number of rotatable bonds is 9. The lowest BCUT2D eigenvalue weighted by atomic mass is 9.89. The molecule has 1 fully saturated rings. The summed E-state index contributed by atoms with van der Waals surface area (Å²) in [5.74, 6) is -7.33. The molecule has 174 valence electrons. The van der Waals surface area contributed by atoms with Crippen molar-refractivity contribution >= 4 is 17.8 Å². The summed E-state index contributed by atoms with van der Waals surface area (Å²) < 4.78 is 33.9. The number of carbonyl (C=O) groups is 3. The first kappa shape index (κ1) is 26.1. The van der Waals surface area contributed by atoms with E-state index in [0.717, 1.165) is 0 Å². The van der Waals surface area contributed by atoms with Gasteiger partial charge in [0.15, 0.2) is 0 Å². The second-order valence-corrected chi connectivity index (χ2v) is 7.12. The summed E-state index contributed by atoms with van der Waals surface area (Å²) in [7, 11) is 0. The predicted octanol–water partition coefficient (Wildman–Crippen LogP) is -3.72. The molecule has 0 spiro atoms. The Morgan fingerprint density at radius 1 is 1.03 bits per heavy atom. The molecule has 30 heavy (non-hydrogen) atoms. The summed E-state index contributed by atoms with van der Waals surface area (Å²) in [5, 5.41) is 51.1. The Kier molecular flexibility index (Phi) is 9.01. The number of hydrogen-bond donors (Lipinski definition) is 8. The van der Waals surface area contributed by atoms with Crippen LogP contribution in [0.5, 0.6) is 0 Å². The van der Waals surface area contributed by atoms with E-state index < -0.39 is 85.4 Å². The lowest BCUT2D eigenvalue weighted by Crippen LogP contribution is -2.64. The molecular formula is C16H27F2N3O9. The third kappa shape index (κ3) is 6.26. The Hall–Kier alpha value is -1.97. The number of aliphatic hydroxyl groups is 4. The van der Waals surface area contributed by atoms with Crippen molar-refractivity contribution < 1.29 is 53.4 Å². The van der Waals surface area contributed by atoms with Crippen LogP contribution >= 0.6 is 0 Å². The van der Waals surface area contributed by atoms with Crippen LogP contribution in [-0.4, -0.2) is 104 Å². The zero-order chi connectivity index (χ0) is 23.4. The quantitative estimate of drug-likeness (QED) is 0.174. The van der Waals surface area contributed by atoms with Gasteiger partial charge in [0.25, 0.3) is 5.92 Å². The molecule has 0 aromatic heterocycles. The molecule has 0 aliphatic carbocycles. The second-order valence-electron chi connectivity index (χ2n) is 7.12. The van der Waals surface area contributed by atoms with E-state index in [-0.39, 0.29) is 0 Å². The SMILES string of the molecule is C[C@H](NC(=O)[C@H](C)NC(=O)[C@@H](N)CC(F)(F)[C@@H]1O[C@H](CO)[C@H](O)[C@H](O)[C@H]1O)C(=O)O. The van der Waals surface area contributed by atoms with E-state index in [0.29, 0.717) is 0 Å². The van der Waals surface area contributed by atoms with Crippen LogP contribution in [0.3, 0.4) is 0 Å². The number of amides is 2. The van der Waals surface area contributed by atoms with Gasteiger partial charge in [-0.15, -0.1) is 0 Å². The van der Waals surface area contributed by atoms with Gasteiger partial charge in [-0.05, 0) is 13.8 Å². The molecule has 0 aromatic rings. The average Bonchev–Trinajstić information content (AvgIpc) is 2.65. The Balaban J connectivity index is 2.75. The summed E-state index contributed by atoms with van der Waals surface area (Å²) in [4.78, 5) is 34.6. The number of aliphatic carboxylic acids is 1. The standard InChI is InChI=1S/C16H27F2N3O9/c1-5(13(26)21-6(2)15(28)29)20-14(27)7(19)3-16(17,18)12-11(25)10(24)9(23)8(4-22)30-12/h5-12,22-25H,3-4,19H2,1-2H3,(H,20,27)(H,21,26)(H,28,29)/t5-,6-,7-,8+,9-,10-,11+,12+/m0/s1. The average molecular weight is 443 g/mol. The molecule has 12 nitrogen and oxygen atoms in total. The van der Waals surface area contributed by atoms with Gasteiger partial charge in [-0.1, -0.05) is 0 Å². The zero-order valence-electron chi connectivity index (χ0n) is 16.2. The van der Waals surface area contributed by atoms with E-state index in [1.165, 1.54) is 13.8 Å². The third-order valence-electron chi connectivity index (χ3n) is 4.62. The maximum atomic E-state index is 14.6. The number of aliphatic hydroxyl groups excluding tert-OH is 4. The van der Waals surface area contributed by atoms with Gasteiger partial charge in [-0.25, -0.2) is 8.78 Å². The molecule has 1 saturated heterocycles. The van der Waals surface area contributed by atoms with Crippen LogP contribution < -0.4 is 16.4 Å². The second kappa shape index (κ2) is 10.4. The topological polar surface area (TPSA) is 212 Å².